The minimum atomic E-state index is 0.0632. The molecule has 0 aliphatic carbocycles. The van der Waals surface area contributed by atoms with Gasteiger partial charge >= 0.3 is 0 Å². The van der Waals surface area contributed by atoms with E-state index < -0.39 is 0 Å². The molecule has 2 unspecified atom stereocenters. The Morgan fingerprint density at radius 1 is 1.36 bits per heavy atom. The lowest BCUT2D eigenvalue weighted by molar-refractivity contribution is -0.123. The number of carbonyl (C=O) groups excluding carboxylic acids is 1. The predicted molar refractivity (Wildman–Crippen MR) is 84.7 cm³/mol. The molecule has 0 aromatic carbocycles. The molecule has 3 rings (SSSR count). The minimum Gasteiger partial charge on any atom is -0.395 e. The summed E-state index contributed by atoms with van der Waals surface area (Å²) in [6.07, 6.45) is 4.80. The largest absolute Gasteiger partial charge is 0.395 e. The highest BCUT2D eigenvalue weighted by Gasteiger charge is 2.28. The Morgan fingerprint density at radius 3 is 3.05 bits per heavy atom. The zero-order chi connectivity index (χ0) is 15.4. The second kappa shape index (κ2) is 7.07. The van der Waals surface area contributed by atoms with Gasteiger partial charge in [-0.1, -0.05) is 6.07 Å². The number of aliphatic hydroxyl groups excluding tert-OH is 1. The lowest BCUT2D eigenvalue weighted by Gasteiger charge is -2.23. The number of aliphatic hydroxyl groups is 1. The summed E-state index contributed by atoms with van der Waals surface area (Å²) in [7, 11) is 0. The summed E-state index contributed by atoms with van der Waals surface area (Å²) in [5.74, 6) is 1.03. The van der Waals surface area contributed by atoms with E-state index in [0.29, 0.717) is 6.54 Å². The van der Waals surface area contributed by atoms with Gasteiger partial charge in [0.1, 0.15) is 5.82 Å². The number of hydrogen-bond acceptors (Lipinski definition) is 5. The molecule has 2 aliphatic rings. The molecule has 2 saturated heterocycles. The van der Waals surface area contributed by atoms with Crippen LogP contribution in [0, 0.1) is 0 Å². The van der Waals surface area contributed by atoms with E-state index in [1.165, 1.54) is 0 Å². The van der Waals surface area contributed by atoms with Gasteiger partial charge in [-0.15, -0.1) is 0 Å². The molecule has 6 nitrogen and oxygen atoms in total. The number of anilines is 1. The summed E-state index contributed by atoms with van der Waals surface area (Å²) in [4.78, 5) is 20.8. The van der Waals surface area contributed by atoms with Crippen LogP contribution in [0.3, 0.4) is 0 Å². The van der Waals surface area contributed by atoms with Crippen molar-refractivity contribution in [3.8, 4) is 0 Å². The Labute approximate surface area is 131 Å². The molecule has 0 radical (unpaired) electrons. The van der Waals surface area contributed by atoms with E-state index in [1.54, 1.807) is 6.20 Å². The van der Waals surface area contributed by atoms with Crippen LogP contribution in [0.1, 0.15) is 19.3 Å². The van der Waals surface area contributed by atoms with Crippen molar-refractivity contribution in [3.63, 3.8) is 0 Å². The molecule has 0 spiro atoms. The molecule has 22 heavy (non-hydrogen) atoms. The Kier molecular flexibility index (Phi) is 4.90. The van der Waals surface area contributed by atoms with Gasteiger partial charge in [-0.3, -0.25) is 9.69 Å². The van der Waals surface area contributed by atoms with Crippen LogP contribution in [0.5, 0.6) is 0 Å². The smallest absolute Gasteiger partial charge is 0.234 e. The van der Waals surface area contributed by atoms with Gasteiger partial charge in [0.15, 0.2) is 0 Å². The molecule has 120 valence electrons. The van der Waals surface area contributed by atoms with Crippen molar-refractivity contribution < 1.29 is 9.90 Å². The van der Waals surface area contributed by atoms with Gasteiger partial charge < -0.3 is 15.3 Å². The number of likely N-dealkylation sites (tertiary alicyclic amines) is 1. The normalized spacial score (nSPS) is 25.6. The Bertz CT molecular complexity index is 496. The maximum absolute atomic E-state index is 12.2. The molecule has 2 atom stereocenters. The average molecular weight is 304 g/mol. The summed E-state index contributed by atoms with van der Waals surface area (Å²) in [6.45, 7) is 3.18. The van der Waals surface area contributed by atoms with Crippen LogP contribution in [0.25, 0.3) is 0 Å². The van der Waals surface area contributed by atoms with E-state index in [1.807, 2.05) is 18.2 Å². The van der Waals surface area contributed by atoms with Crippen LogP contribution in [0.2, 0.25) is 0 Å². The summed E-state index contributed by atoms with van der Waals surface area (Å²) in [5.41, 5.74) is 0. The third-order valence-electron chi connectivity index (χ3n) is 4.58. The van der Waals surface area contributed by atoms with E-state index in [-0.39, 0.29) is 24.6 Å². The Hall–Kier alpha value is -1.66. The maximum Gasteiger partial charge on any atom is 0.234 e. The SMILES string of the molecule is O=C(CN1CCCC1CO)NC1CCN(c2ccccn2)C1. The van der Waals surface area contributed by atoms with Crippen molar-refractivity contribution in [2.75, 3.05) is 37.7 Å². The van der Waals surface area contributed by atoms with Gasteiger partial charge in [-0.2, -0.15) is 0 Å². The lowest BCUT2D eigenvalue weighted by atomic mass is 10.2. The molecular weight excluding hydrogens is 280 g/mol. The van der Waals surface area contributed by atoms with E-state index >= 15 is 0 Å². The zero-order valence-corrected chi connectivity index (χ0v) is 12.8. The molecule has 2 aliphatic heterocycles. The van der Waals surface area contributed by atoms with Crippen molar-refractivity contribution >= 4 is 11.7 Å². The summed E-state index contributed by atoms with van der Waals surface area (Å²) < 4.78 is 0. The van der Waals surface area contributed by atoms with Gasteiger partial charge in [0.2, 0.25) is 5.91 Å². The minimum absolute atomic E-state index is 0.0632. The number of carbonyl (C=O) groups is 1. The van der Waals surface area contributed by atoms with Crippen molar-refractivity contribution in [2.24, 2.45) is 0 Å². The monoisotopic (exact) mass is 304 g/mol. The van der Waals surface area contributed by atoms with E-state index in [2.05, 4.69) is 20.1 Å². The summed E-state index contributed by atoms with van der Waals surface area (Å²) in [6, 6.07) is 6.23. The molecule has 1 aromatic heterocycles. The molecule has 2 N–H and O–H groups in total. The first kappa shape index (κ1) is 15.2. The topological polar surface area (TPSA) is 68.7 Å². The van der Waals surface area contributed by atoms with Gasteiger partial charge in [0, 0.05) is 31.4 Å². The molecule has 0 saturated carbocycles. The van der Waals surface area contributed by atoms with Gasteiger partial charge in [0.25, 0.3) is 0 Å². The fraction of sp³-hybridized carbons (Fsp3) is 0.625. The molecule has 2 fully saturated rings. The standard InChI is InChI=1S/C16H24N4O2/c21-12-14-4-3-8-19(14)11-16(22)18-13-6-9-20(10-13)15-5-1-2-7-17-15/h1-2,5,7,13-14,21H,3-4,6,8-12H2,(H,18,22). The fourth-order valence-electron chi connectivity index (χ4n) is 3.39. The highest BCUT2D eigenvalue weighted by molar-refractivity contribution is 5.78. The first-order valence-electron chi connectivity index (χ1n) is 8.06. The van der Waals surface area contributed by atoms with Gasteiger partial charge in [0.05, 0.1) is 13.2 Å². The second-order valence-corrected chi connectivity index (χ2v) is 6.14. The van der Waals surface area contributed by atoms with Crippen molar-refractivity contribution in [2.45, 2.75) is 31.3 Å². The molecular formula is C16H24N4O2. The number of amides is 1. The number of hydrogen-bond donors (Lipinski definition) is 2. The molecule has 6 heteroatoms. The van der Waals surface area contributed by atoms with Gasteiger partial charge in [-0.05, 0) is 37.9 Å². The van der Waals surface area contributed by atoms with Crippen LogP contribution < -0.4 is 10.2 Å². The maximum atomic E-state index is 12.2. The van der Waals surface area contributed by atoms with E-state index in [9.17, 15) is 9.90 Å². The Morgan fingerprint density at radius 2 is 2.27 bits per heavy atom. The highest BCUT2D eigenvalue weighted by atomic mass is 16.3. The molecule has 1 aromatic rings. The number of aromatic nitrogens is 1. The summed E-state index contributed by atoms with van der Waals surface area (Å²) in [5, 5.41) is 12.4. The van der Waals surface area contributed by atoms with Crippen LogP contribution >= 0.6 is 0 Å². The molecule has 1 amide bonds. The van der Waals surface area contributed by atoms with Crippen LogP contribution in [-0.2, 0) is 4.79 Å². The second-order valence-electron chi connectivity index (χ2n) is 6.14. The van der Waals surface area contributed by atoms with Crippen LogP contribution in [-0.4, -0.2) is 65.8 Å². The van der Waals surface area contributed by atoms with Crippen LogP contribution in [0.4, 0.5) is 5.82 Å². The van der Waals surface area contributed by atoms with E-state index in [4.69, 9.17) is 0 Å². The van der Waals surface area contributed by atoms with Crippen molar-refractivity contribution in [1.82, 2.24) is 15.2 Å². The average Bonchev–Trinajstić information content (AvgIpc) is 3.17. The fourth-order valence-corrected chi connectivity index (χ4v) is 3.39. The van der Waals surface area contributed by atoms with Crippen LogP contribution in [0.15, 0.2) is 24.4 Å². The summed E-state index contributed by atoms with van der Waals surface area (Å²) >= 11 is 0. The lowest BCUT2D eigenvalue weighted by Crippen LogP contribution is -2.45. The Balaban J connectivity index is 1.47. The predicted octanol–water partition coefficient (Wildman–Crippen LogP) is 0.233. The number of pyridine rings is 1. The number of nitrogens with zero attached hydrogens (tertiary/aromatic N) is 3. The number of rotatable bonds is 5. The quantitative estimate of drug-likeness (QED) is 0.815. The van der Waals surface area contributed by atoms with Crippen molar-refractivity contribution in [1.29, 1.82) is 0 Å². The first-order chi connectivity index (χ1) is 10.8. The molecule has 0 bridgehead atoms. The zero-order valence-electron chi connectivity index (χ0n) is 12.8. The van der Waals surface area contributed by atoms with E-state index in [0.717, 1.165) is 44.7 Å². The molecule has 3 heterocycles. The number of nitrogens with one attached hydrogen (secondary N) is 1. The van der Waals surface area contributed by atoms with Crippen molar-refractivity contribution in [3.05, 3.63) is 24.4 Å². The van der Waals surface area contributed by atoms with Gasteiger partial charge in [-0.25, -0.2) is 4.98 Å². The highest BCUT2D eigenvalue weighted by Crippen LogP contribution is 2.18. The first-order valence-corrected chi connectivity index (χ1v) is 8.06. The third kappa shape index (κ3) is 3.56. The third-order valence-corrected chi connectivity index (χ3v) is 4.58.